The van der Waals surface area contributed by atoms with Crippen LogP contribution in [0.25, 0.3) is 0 Å². The molecule has 0 radical (unpaired) electrons. The van der Waals surface area contributed by atoms with Crippen LogP contribution in [0.4, 0.5) is 30.9 Å². The highest BCUT2D eigenvalue weighted by atomic mass is 32.2. The molecule has 6 atom stereocenters. The molecule has 2 saturated carbocycles. The summed E-state index contributed by atoms with van der Waals surface area (Å²) in [6.45, 7) is 11.0. The number of carbonyl (C=O) groups is 1. The minimum Gasteiger partial charge on any atom is -0.443 e. The van der Waals surface area contributed by atoms with Crippen molar-refractivity contribution in [3.8, 4) is 0 Å². The molecule has 1 aromatic heterocycles. The molecule has 11 nitrogen and oxygen atoms in total. The maximum Gasteiger partial charge on any atom is 0.416 e. The summed E-state index contributed by atoms with van der Waals surface area (Å²) in [5.74, 6) is -1.80. The number of benzene rings is 1. The first-order valence-corrected chi connectivity index (χ1v) is 16.3. The number of halogens is 2. The number of fused-ring (bicyclic) bond motifs is 1. The van der Waals surface area contributed by atoms with Crippen molar-refractivity contribution >= 4 is 35.2 Å². The van der Waals surface area contributed by atoms with Crippen LogP contribution >= 0.6 is 11.8 Å². The molecule has 0 bridgehead atoms. The molecule has 3 fully saturated rings. The normalized spacial score (nSPS) is 26.9. The Hall–Kier alpha value is -2.78. The van der Waals surface area contributed by atoms with E-state index in [-0.39, 0.29) is 48.9 Å². The van der Waals surface area contributed by atoms with Crippen molar-refractivity contribution in [2.75, 3.05) is 34.9 Å². The average Bonchev–Trinajstić information content (AvgIpc) is 3.58. The topological polar surface area (TPSA) is 141 Å². The highest BCUT2D eigenvalue weighted by molar-refractivity contribution is 7.99. The fraction of sp³-hybridized carbons (Fsp3) is 0.645. The molecule has 1 aliphatic heterocycles. The molecule has 45 heavy (non-hydrogen) atoms. The zero-order valence-electron chi connectivity index (χ0n) is 26.5. The molecule has 4 N–H and O–H groups in total. The SMILES string of the molecule is CCCSc1nc(N[C@@H]2C[C@H](OCCO)[C@@H]3OC(C)(C)O[C@@H]32)c(N)c(N(C(=O)OC(C)(C)C)[C@H]2C[C@H]2c2ccc(F)c(F)c2)n1. The van der Waals surface area contributed by atoms with Crippen molar-refractivity contribution in [2.45, 2.75) is 114 Å². The fourth-order valence-corrected chi connectivity index (χ4v) is 6.56. The predicted octanol–water partition coefficient (Wildman–Crippen LogP) is 5.22. The minimum atomic E-state index is -0.953. The number of nitrogen functional groups attached to an aromatic ring is 1. The highest BCUT2D eigenvalue weighted by Crippen LogP contribution is 2.49. The van der Waals surface area contributed by atoms with Crippen molar-refractivity contribution in [1.82, 2.24) is 9.97 Å². The van der Waals surface area contributed by atoms with E-state index < -0.39 is 41.3 Å². The first kappa shape index (κ1) is 33.6. The van der Waals surface area contributed by atoms with Gasteiger partial charge in [0.15, 0.2) is 34.2 Å². The molecule has 3 aliphatic rings. The third-order valence-electron chi connectivity index (χ3n) is 7.78. The lowest BCUT2D eigenvalue weighted by atomic mass is 10.1. The van der Waals surface area contributed by atoms with Gasteiger partial charge in [0.1, 0.15) is 23.5 Å². The third-order valence-corrected chi connectivity index (χ3v) is 8.83. The van der Waals surface area contributed by atoms with Gasteiger partial charge in [0, 0.05) is 17.7 Å². The van der Waals surface area contributed by atoms with Gasteiger partial charge >= 0.3 is 6.09 Å². The van der Waals surface area contributed by atoms with E-state index in [9.17, 15) is 18.7 Å². The maximum absolute atomic E-state index is 14.1. The van der Waals surface area contributed by atoms with Gasteiger partial charge in [0.25, 0.3) is 0 Å². The van der Waals surface area contributed by atoms with E-state index in [0.717, 1.165) is 24.3 Å². The van der Waals surface area contributed by atoms with Crippen LogP contribution in [-0.2, 0) is 18.9 Å². The van der Waals surface area contributed by atoms with Crippen LogP contribution in [-0.4, -0.2) is 81.9 Å². The molecule has 248 valence electrons. The van der Waals surface area contributed by atoms with E-state index in [4.69, 9.17) is 34.6 Å². The summed E-state index contributed by atoms with van der Waals surface area (Å²) in [4.78, 5) is 24.7. The summed E-state index contributed by atoms with van der Waals surface area (Å²) >= 11 is 1.43. The summed E-state index contributed by atoms with van der Waals surface area (Å²) in [5.41, 5.74) is 6.64. The number of hydrogen-bond donors (Lipinski definition) is 3. The summed E-state index contributed by atoms with van der Waals surface area (Å²) in [6, 6.07) is 2.98. The number of hydrogen-bond acceptors (Lipinski definition) is 11. The molecule has 5 rings (SSSR count). The van der Waals surface area contributed by atoms with Gasteiger partial charge in [0.05, 0.1) is 25.4 Å². The average molecular weight is 652 g/mol. The van der Waals surface area contributed by atoms with Gasteiger partial charge in [-0.25, -0.2) is 23.5 Å². The van der Waals surface area contributed by atoms with E-state index in [1.54, 1.807) is 20.8 Å². The zero-order chi connectivity index (χ0) is 32.7. The van der Waals surface area contributed by atoms with Crippen LogP contribution in [0.2, 0.25) is 0 Å². The van der Waals surface area contributed by atoms with Crippen LogP contribution in [0.1, 0.15) is 72.3 Å². The van der Waals surface area contributed by atoms with Crippen molar-refractivity contribution < 1.29 is 37.6 Å². The Kier molecular flexibility index (Phi) is 9.81. The Balaban J connectivity index is 1.51. The van der Waals surface area contributed by atoms with E-state index in [2.05, 4.69) is 5.32 Å². The number of rotatable bonds is 11. The Morgan fingerprint density at radius 1 is 1.20 bits per heavy atom. The van der Waals surface area contributed by atoms with E-state index in [0.29, 0.717) is 29.4 Å². The number of nitrogens with one attached hydrogen (secondary N) is 1. The molecule has 1 saturated heterocycles. The highest BCUT2D eigenvalue weighted by Gasteiger charge is 2.55. The first-order chi connectivity index (χ1) is 21.2. The molecular formula is C31H43F2N5O6S. The smallest absolute Gasteiger partial charge is 0.416 e. The number of aliphatic hydroxyl groups is 1. The predicted molar refractivity (Wildman–Crippen MR) is 166 cm³/mol. The standard InChI is InChI=1S/C31H43F2N5O6S/c1-7-12-45-28-36-26(35-20-15-22(41-11-10-39)25-24(20)42-31(5,6)43-25)23(34)27(37-28)38(29(40)44-30(2,3)4)21-14-17(21)16-8-9-18(32)19(33)13-16/h8-9,13,17,20-22,24-25,39H,7,10-12,14-15,34H2,1-6H3,(H,35,36,37)/t17-,20+,21-,22-,24+,25-/m0/s1. The Bertz CT molecular complexity index is 1390. The molecule has 2 heterocycles. The lowest BCUT2D eigenvalue weighted by Crippen LogP contribution is -2.40. The van der Waals surface area contributed by atoms with Gasteiger partial charge in [-0.1, -0.05) is 24.8 Å². The molecule has 14 heteroatoms. The molecule has 2 aromatic rings. The number of thioether (sulfide) groups is 1. The summed E-state index contributed by atoms with van der Waals surface area (Å²) < 4.78 is 51.9. The van der Waals surface area contributed by atoms with Gasteiger partial charge in [-0.2, -0.15) is 0 Å². The lowest BCUT2D eigenvalue weighted by Gasteiger charge is -2.29. The third kappa shape index (κ3) is 7.62. The fourth-order valence-electron chi connectivity index (χ4n) is 5.87. The number of anilines is 3. The van der Waals surface area contributed by atoms with Crippen LogP contribution in [0.15, 0.2) is 23.4 Å². The van der Waals surface area contributed by atoms with E-state index in [1.165, 1.54) is 22.7 Å². The van der Waals surface area contributed by atoms with Gasteiger partial charge in [-0.3, -0.25) is 4.90 Å². The van der Waals surface area contributed by atoms with Gasteiger partial charge in [-0.15, -0.1) is 0 Å². The van der Waals surface area contributed by atoms with Crippen molar-refractivity contribution in [2.24, 2.45) is 0 Å². The second-order valence-electron chi connectivity index (χ2n) is 13.1. The van der Waals surface area contributed by atoms with Gasteiger partial charge < -0.3 is 35.1 Å². The molecule has 1 amide bonds. The van der Waals surface area contributed by atoms with Crippen molar-refractivity contribution in [3.63, 3.8) is 0 Å². The van der Waals surface area contributed by atoms with E-state index >= 15 is 0 Å². The van der Waals surface area contributed by atoms with E-state index in [1.807, 2.05) is 20.8 Å². The number of carbonyl (C=O) groups excluding carboxylic acids is 1. The Morgan fingerprint density at radius 3 is 2.60 bits per heavy atom. The quantitative estimate of drug-likeness (QED) is 0.218. The van der Waals surface area contributed by atoms with Crippen LogP contribution in [0, 0.1) is 11.6 Å². The van der Waals surface area contributed by atoms with Crippen molar-refractivity contribution in [1.29, 1.82) is 0 Å². The van der Waals surface area contributed by atoms with Crippen LogP contribution in [0.3, 0.4) is 0 Å². The Morgan fingerprint density at radius 2 is 1.93 bits per heavy atom. The largest absolute Gasteiger partial charge is 0.443 e. The minimum absolute atomic E-state index is 0.121. The van der Waals surface area contributed by atoms with Crippen LogP contribution < -0.4 is 16.0 Å². The lowest BCUT2D eigenvalue weighted by molar-refractivity contribution is -0.167. The summed E-state index contributed by atoms with van der Waals surface area (Å²) in [5, 5.41) is 13.2. The number of ether oxygens (including phenoxy) is 4. The maximum atomic E-state index is 14.1. The second kappa shape index (κ2) is 13.1. The molecule has 1 aromatic carbocycles. The summed E-state index contributed by atoms with van der Waals surface area (Å²) in [6.07, 6.45) is 0.0813. The van der Waals surface area contributed by atoms with Gasteiger partial charge in [-0.05, 0) is 71.6 Å². The zero-order valence-corrected chi connectivity index (χ0v) is 27.3. The number of amides is 1. The number of aromatic nitrogens is 2. The molecule has 0 spiro atoms. The first-order valence-electron chi connectivity index (χ1n) is 15.3. The Labute approximate surface area is 266 Å². The number of nitrogens with two attached hydrogens (primary N) is 1. The van der Waals surface area contributed by atoms with Gasteiger partial charge in [0.2, 0.25) is 0 Å². The molecule has 0 unspecified atom stereocenters. The number of aliphatic hydroxyl groups excluding tert-OH is 1. The van der Waals surface area contributed by atoms with Crippen LogP contribution in [0.5, 0.6) is 0 Å². The van der Waals surface area contributed by atoms with Crippen molar-refractivity contribution in [3.05, 3.63) is 35.4 Å². The number of nitrogens with zero attached hydrogens (tertiary/aromatic N) is 3. The second-order valence-corrected chi connectivity index (χ2v) is 14.1. The summed E-state index contributed by atoms with van der Waals surface area (Å²) in [7, 11) is 0. The molecule has 2 aliphatic carbocycles. The molecular weight excluding hydrogens is 608 g/mol. The monoisotopic (exact) mass is 651 g/mol.